The molecule has 0 amide bonds. The zero-order chi connectivity index (χ0) is 8.93. The van der Waals surface area contributed by atoms with Gasteiger partial charge in [0.05, 0.1) is 0 Å². The van der Waals surface area contributed by atoms with Gasteiger partial charge in [0, 0.05) is 32.7 Å². The van der Waals surface area contributed by atoms with Gasteiger partial charge >= 0.3 is 0 Å². The molecule has 0 nitrogen and oxygen atoms in total. The first-order valence-corrected chi connectivity index (χ1v) is 4.38. The number of rotatable bonds is 1. The molecule has 0 aliphatic heterocycles. The van der Waals surface area contributed by atoms with E-state index in [0.29, 0.717) is 0 Å². The summed E-state index contributed by atoms with van der Waals surface area (Å²) in [4.78, 5) is 0. The minimum atomic E-state index is 0. The van der Waals surface area contributed by atoms with Gasteiger partial charge in [-0.05, 0) is 6.42 Å². The van der Waals surface area contributed by atoms with Crippen molar-refractivity contribution in [2.75, 3.05) is 0 Å². The van der Waals surface area contributed by atoms with Crippen LogP contribution in [0.4, 0.5) is 0 Å². The van der Waals surface area contributed by atoms with Crippen molar-refractivity contribution in [1.82, 2.24) is 0 Å². The fourth-order valence-electron chi connectivity index (χ4n) is 1.24. The molecule has 0 N–H and O–H groups in total. The zero-order valence-electron chi connectivity index (χ0n) is 7.90. The molecule has 1 radical (unpaired) electrons. The summed E-state index contributed by atoms with van der Waals surface area (Å²) in [6.45, 7) is 0. The van der Waals surface area contributed by atoms with Gasteiger partial charge in [-0.3, -0.25) is 0 Å². The Balaban J connectivity index is 0.000000980. The summed E-state index contributed by atoms with van der Waals surface area (Å²) < 4.78 is 0. The first-order valence-electron chi connectivity index (χ1n) is 4.38. The second-order valence-corrected chi connectivity index (χ2v) is 2.90. The van der Waals surface area contributed by atoms with Crippen LogP contribution >= 0.6 is 0 Å². The van der Waals surface area contributed by atoms with E-state index < -0.39 is 0 Å². The summed E-state index contributed by atoms with van der Waals surface area (Å²) in [6, 6.07) is 11.1. The molecule has 1 aliphatic rings. The van der Waals surface area contributed by atoms with Gasteiger partial charge in [-0.15, -0.1) is 42.5 Å². The molecule has 0 unspecified atom stereocenters. The van der Waals surface area contributed by atoms with Crippen LogP contribution in [-0.4, -0.2) is 0 Å². The van der Waals surface area contributed by atoms with E-state index in [0.717, 1.165) is 17.6 Å². The topological polar surface area (TPSA) is 0 Å². The Morgan fingerprint density at radius 1 is 1.29 bits per heavy atom. The number of benzene rings is 1. The molecule has 0 heterocycles. The minimum absolute atomic E-state index is 0. The standard InChI is InChI=1S/C13H10.Y/c1-3-7-12(8-4-1)11-13-9-5-2-6-10-13;/h1,3-7,9,11H,2H2;/q-2;. The van der Waals surface area contributed by atoms with E-state index in [-0.39, 0.29) is 32.7 Å². The molecule has 0 aromatic heterocycles. The van der Waals surface area contributed by atoms with Gasteiger partial charge in [0.15, 0.2) is 0 Å². The second-order valence-electron chi connectivity index (χ2n) is 2.90. The Morgan fingerprint density at radius 3 is 2.86 bits per heavy atom. The Kier molecular flexibility index (Phi) is 5.07. The van der Waals surface area contributed by atoms with Gasteiger partial charge in [0.1, 0.15) is 0 Å². The van der Waals surface area contributed by atoms with Crippen LogP contribution in [0.25, 0.3) is 6.08 Å². The fourth-order valence-corrected chi connectivity index (χ4v) is 1.24. The Bertz CT molecular complexity index is 344. The van der Waals surface area contributed by atoms with Crippen LogP contribution in [0.15, 0.2) is 48.1 Å². The molecular formula is C13H10Y-2. The third-order valence-corrected chi connectivity index (χ3v) is 1.86. The Morgan fingerprint density at radius 2 is 2.21 bits per heavy atom. The van der Waals surface area contributed by atoms with Crippen molar-refractivity contribution in [3.63, 3.8) is 0 Å². The first-order chi connectivity index (χ1) is 6.45. The van der Waals surface area contributed by atoms with E-state index in [1.165, 1.54) is 0 Å². The van der Waals surface area contributed by atoms with Gasteiger partial charge in [0.2, 0.25) is 0 Å². The van der Waals surface area contributed by atoms with Crippen LogP contribution in [-0.2, 0) is 32.7 Å². The molecular weight excluding hydrogens is 245 g/mol. The van der Waals surface area contributed by atoms with Gasteiger partial charge in [-0.2, -0.15) is 29.4 Å². The van der Waals surface area contributed by atoms with E-state index in [1.807, 2.05) is 30.3 Å². The quantitative estimate of drug-likeness (QED) is 0.676. The molecule has 0 saturated heterocycles. The largest absolute Gasteiger partial charge is 0.181 e. The summed E-state index contributed by atoms with van der Waals surface area (Å²) in [6.07, 6.45) is 12.5. The molecule has 1 heteroatoms. The van der Waals surface area contributed by atoms with Gasteiger partial charge in [0.25, 0.3) is 0 Å². The van der Waals surface area contributed by atoms with Crippen LogP contribution in [0.3, 0.4) is 0 Å². The maximum Gasteiger partial charge on any atom is 0 e. The molecule has 0 spiro atoms. The van der Waals surface area contributed by atoms with Gasteiger partial charge in [-0.1, -0.05) is 0 Å². The Labute approximate surface area is 110 Å². The monoisotopic (exact) mass is 255 g/mol. The van der Waals surface area contributed by atoms with Gasteiger partial charge < -0.3 is 0 Å². The maximum absolute atomic E-state index is 3.20. The number of hydrogen-bond acceptors (Lipinski definition) is 0. The summed E-state index contributed by atoms with van der Waals surface area (Å²) in [5, 5.41) is 0. The predicted molar refractivity (Wildman–Crippen MR) is 54.8 cm³/mol. The summed E-state index contributed by atoms with van der Waals surface area (Å²) >= 11 is 0. The summed E-state index contributed by atoms with van der Waals surface area (Å²) in [7, 11) is 0. The van der Waals surface area contributed by atoms with Crippen LogP contribution in [0.1, 0.15) is 12.0 Å². The third-order valence-electron chi connectivity index (χ3n) is 1.86. The van der Waals surface area contributed by atoms with Crippen molar-refractivity contribution in [3.8, 4) is 0 Å². The molecule has 1 aromatic carbocycles. The molecule has 14 heavy (non-hydrogen) atoms. The van der Waals surface area contributed by atoms with E-state index >= 15 is 0 Å². The van der Waals surface area contributed by atoms with Crippen molar-refractivity contribution in [2.24, 2.45) is 0 Å². The van der Waals surface area contributed by atoms with Crippen LogP contribution in [0.5, 0.6) is 0 Å². The van der Waals surface area contributed by atoms with E-state index in [2.05, 4.69) is 30.4 Å². The van der Waals surface area contributed by atoms with E-state index in [9.17, 15) is 0 Å². The second kappa shape index (κ2) is 6.11. The van der Waals surface area contributed by atoms with Crippen molar-refractivity contribution in [3.05, 3.63) is 65.8 Å². The fraction of sp³-hybridized carbons (Fsp3) is 0.0769. The van der Waals surface area contributed by atoms with Crippen molar-refractivity contribution in [2.45, 2.75) is 6.42 Å². The van der Waals surface area contributed by atoms with Crippen molar-refractivity contribution in [1.29, 1.82) is 0 Å². The first kappa shape index (κ1) is 11.6. The molecule has 67 valence electrons. The average molecular weight is 255 g/mol. The van der Waals surface area contributed by atoms with E-state index in [4.69, 9.17) is 0 Å². The molecule has 2 rings (SSSR count). The molecule has 0 atom stereocenters. The number of hydrogen-bond donors (Lipinski definition) is 0. The third kappa shape index (κ3) is 3.36. The smallest absolute Gasteiger partial charge is 0 e. The molecule has 0 bridgehead atoms. The van der Waals surface area contributed by atoms with Crippen molar-refractivity contribution < 1.29 is 32.7 Å². The summed E-state index contributed by atoms with van der Waals surface area (Å²) in [5.74, 6) is 0. The van der Waals surface area contributed by atoms with Crippen molar-refractivity contribution >= 4 is 6.08 Å². The SMILES string of the molecule is [C-]1=CCC=CC1=Cc1[c-]cccc1.[Y]. The molecule has 1 aromatic rings. The van der Waals surface area contributed by atoms with E-state index in [1.54, 1.807) is 0 Å². The molecule has 0 saturated carbocycles. The maximum atomic E-state index is 3.20. The summed E-state index contributed by atoms with van der Waals surface area (Å²) in [5.41, 5.74) is 2.22. The predicted octanol–water partition coefficient (Wildman–Crippen LogP) is 3.19. The van der Waals surface area contributed by atoms with Gasteiger partial charge in [-0.25, -0.2) is 0 Å². The van der Waals surface area contributed by atoms with Crippen LogP contribution in [0, 0.1) is 12.1 Å². The molecule has 0 fully saturated rings. The molecule has 1 aliphatic carbocycles. The zero-order valence-corrected chi connectivity index (χ0v) is 10.7. The Hall–Kier alpha value is -0.456. The normalized spacial score (nSPS) is 16.7. The van der Waals surface area contributed by atoms with Crippen LogP contribution in [0.2, 0.25) is 0 Å². The average Bonchev–Trinajstić information content (AvgIpc) is 2.21. The minimum Gasteiger partial charge on any atom is -0.181 e. The van der Waals surface area contributed by atoms with Crippen LogP contribution < -0.4 is 0 Å². The number of allylic oxidation sites excluding steroid dienone is 5.